The Hall–Kier alpha value is -1.88. The molecule has 1 unspecified atom stereocenters. The molecule has 1 aromatic carbocycles. The van der Waals surface area contributed by atoms with E-state index in [1.807, 2.05) is 18.2 Å². The van der Waals surface area contributed by atoms with Gasteiger partial charge in [-0.05, 0) is 37.6 Å². The van der Waals surface area contributed by atoms with Crippen LogP contribution in [-0.4, -0.2) is 35.2 Å². The van der Waals surface area contributed by atoms with Gasteiger partial charge in [0.15, 0.2) is 0 Å². The summed E-state index contributed by atoms with van der Waals surface area (Å²) in [4.78, 5) is 12.1. The molecular weight excluding hydrogens is 228 g/mol. The molecule has 2 heterocycles. The zero-order chi connectivity index (χ0) is 12.4. The maximum atomic E-state index is 12.1. The Labute approximate surface area is 105 Å². The number of aromatic nitrogens is 2. The molecule has 0 spiro atoms. The predicted molar refractivity (Wildman–Crippen MR) is 69.5 cm³/mol. The monoisotopic (exact) mass is 244 g/mol. The van der Waals surface area contributed by atoms with Crippen LogP contribution in [0, 0.1) is 0 Å². The zero-order valence-electron chi connectivity index (χ0n) is 10.1. The van der Waals surface area contributed by atoms with Gasteiger partial charge in [0.25, 0.3) is 5.91 Å². The van der Waals surface area contributed by atoms with Gasteiger partial charge in [-0.25, -0.2) is 0 Å². The van der Waals surface area contributed by atoms with Crippen molar-refractivity contribution in [2.45, 2.75) is 18.9 Å². The molecule has 0 saturated carbocycles. The van der Waals surface area contributed by atoms with Gasteiger partial charge in [0.05, 0.1) is 11.7 Å². The summed E-state index contributed by atoms with van der Waals surface area (Å²) in [6.07, 6.45) is 3.90. The summed E-state index contributed by atoms with van der Waals surface area (Å²) in [6, 6.07) is 5.82. The van der Waals surface area contributed by atoms with Crippen LogP contribution in [0.5, 0.6) is 0 Å². The summed E-state index contributed by atoms with van der Waals surface area (Å²) in [5.41, 5.74) is 1.64. The molecule has 1 atom stereocenters. The van der Waals surface area contributed by atoms with Crippen molar-refractivity contribution >= 4 is 16.8 Å². The van der Waals surface area contributed by atoms with Gasteiger partial charge in [-0.3, -0.25) is 9.89 Å². The largest absolute Gasteiger partial charge is 0.348 e. The van der Waals surface area contributed by atoms with Crippen LogP contribution in [0.4, 0.5) is 0 Å². The van der Waals surface area contributed by atoms with Crippen LogP contribution in [0.2, 0.25) is 0 Å². The van der Waals surface area contributed by atoms with Gasteiger partial charge in [0, 0.05) is 23.5 Å². The van der Waals surface area contributed by atoms with E-state index in [2.05, 4.69) is 20.8 Å². The minimum Gasteiger partial charge on any atom is -0.348 e. The highest BCUT2D eigenvalue weighted by atomic mass is 16.1. The van der Waals surface area contributed by atoms with Crippen molar-refractivity contribution in [1.29, 1.82) is 0 Å². The number of piperidine rings is 1. The van der Waals surface area contributed by atoms with Gasteiger partial charge >= 0.3 is 0 Å². The van der Waals surface area contributed by atoms with Gasteiger partial charge in [-0.15, -0.1) is 0 Å². The highest BCUT2D eigenvalue weighted by Crippen LogP contribution is 2.13. The van der Waals surface area contributed by atoms with Crippen LogP contribution in [0.1, 0.15) is 23.2 Å². The number of fused-ring (bicyclic) bond motifs is 1. The minimum atomic E-state index is -0.00759. The molecule has 5 heteroatoms. The zero-order valence-corrected chi connectivity index (χ0v) is 10.1. The number of aromatic amines is 1. The second kappa shape index (κ2) is 4.78. The Morgan fingerprint density at radius 3 is 3.22 bits per heavy atom. The van der Waals surface area contributed by atoms with Gasteiger partial charge in [-0.1, -0.05) is 0 Å². The highest BCUT2D eigenvalue weighted by Gasteiger charge is 2.16. The second-order valence-corrected chi connectivity index (χ2v) is 4.69. The highest BCUT2D eigenvalue weighted by molar-refractivity contribution is 5.98. The Bertz CT molecular complexity index is 557. The van der Waals surface area contributed by atoms with Crippen molar-refractivity contribution in [3.8, 4) is 0 Å². The molecule has 0 bridgehead atoms. The number of rotatable bonds is 2. The van der Waals surface area contributed by atoms with Gasteiger partial charge in [0.1, 0.15) is 0 Å². The molecule has 1 aliphatic rings. The van der Waals surface area contributed by atoms with Crippen LogP contribution in [0.25, 0.3) is 10.9 Å². The molecule has 3 rings (SSSR count). The molecule has 0 radical (unpaired) electrons. The normalized spacial score (nSPS) is 19.9. The lowest BCUT2D eigenvalue weighted by molar-refractivity contribution is 0.0931. The molecule has 2 aromatic rings. The third kappa shape index (κ3) is 2.22. The van der Waals surface area contributed by atoms with Crippen molar-refractivity contribution < 1.29 is 4.79 Å². The smallest absolute Gasteiger partial charge is 0.251 e. The Kier molecular flexibility index (Phi) is 2.98. The maximum absolute atomic E-state index is 12.1. The summed E-state index contributed by atoms with van der Waals surface area (Å²) >= 11 is 0. The third-order valence-electron chi connectivity index (χ3n) is 3.33. The molecule has 1 aliphatic heterocycles. The Morgan fingerprint density at radius 1 is 1.44 bits per heavy atom. The number of hydrogen-bond donors (Lipinski definition) is 3. The van der Waals surface area contributed by atoms with Crippen LogP contribution in [0.15, 0.2) is 24.4 Å². The maximum Gasteiger partial charge on any atom is 0.251 e. The number of nitrogens with one attached hydrogen (secondary N) is 3. The summed E-state index contributed by atoms with van der Waals surface area (Å²) in [5.74, 6) is -0.00759. The first-order valence-corrected chi connectivity index (χ1v) is 6.27. The van der Waals surface area contributed by atoms with Crippen molar-refractivity contribution in [2.75, 3.05) is 13.1 Å². The fourth-order valence-electron chi connectivity index (χ4n) is 2.33. The van der Waals surface area contributed by atoms with E-state index in [4.69, 9.17) is 0 Å². The van der Waals surface area contributed by atoms with Crippen molar-refractivity contribution in [2.24, 2.45) is 0 Å². The Balaban J connectivity index is 1.74. The fraction of sp³-hybridized carbons (Fsp3) is 0.385. The molecule has 1 fully saturated rings. The van der Waals surface area contributed by atoms with Gasteiger partial charge < -0.3 is 10.6 Å². The van der Waals surface area contributed by atoms with Crippen LogP contribution in [-0.2, 0) is 0 Å². The molecule has 3 N–H and O–H groups in total. The van der Waals surface area contributed by atoms with Crippen molar-refractivity contribution in [1.82, 2.24) is 20.8 Å². The third-order valence-corrected chi connectivity index (χ3v) is 3.33. The number of amides is 1. The summed E-state index contributed by atoms with van der Waals surface area (Å²) in [6.45, 7) is 1.91. The minimum absolute atomic E-state index is 0.00759. The van der Waals surface area contributed by atoms with Gasteiger partial charge in [-0.2, -0.15) is 5.10 Å². The molecular formula is C13H16N4O. The molecule has 94 valence electrons. The van der Waals surface area contributed by atoms with Crippen molar-refractivity contribution in [3.05, 3.63) is 30.0 Å². The van der Waals surface area contributed by atoms with Gasteiger partial charge in [0.2, 0.25) is 0 Å². The summed E-state index contributed by atoms with van der Waals surface area (Å²) in [5, 5.41) is 14.1. The van der Waals surface area contributed by atoms with E-state index in [0.717, 1.165) is 36.8 Å². The molecule has 18 heavy (non-hydrogen) atoms. The molecule has 1 saturated heterocycles. The van der Waals surface area contributed by atoms with Crippen LogP contribution in [0.3, 0.4) is 0 Å². The average molecular weight is 244 g/mol. The van der Waals surface area contributed by atoms with E-state index in [1.54, 1.807) is 6.20 Å². The summed E-state index contributed by atoms with van der Waals surface area (Å²) < 4.78 is 0. The first-order valence-electron chi connectivity index (χ1n) is 6.27. The predicted octanol–water partition coefficient (Wildman–Crippen LogP) is 1.04. The van der Waals surface area contributed by atoms with Crippen molar-refractivity contribution in [3.63, 3.8) is 0 Å². The number of H-pyrrole nitrogens is 1. The van der Waals surface area contributed by atoms with E-state index in [0.29, 0.717) is 5.56 Å². The Morgan fingerprint density at radius 2 is 2.39 bits per heavy atom. The number of hydrogen-bond acceptors (Lipinski definition) is 3. The molecule has 5 nitrogen and oxygen atoms in total. The quantitative estimate of drug-likeness (QED) is 0.739. The van der Waals surface area contributed by atoms with E-state index < -0.39 is 0 Å². The van der Waals surface area contributed by atoms with E-state index in [1.165, 1.54) is 0 Å². The number of nitrogens with zero attached hydrogens (tertiary/aromatic N) is 1. The first-order chi connectivity index (χ1) is 8.83. The second-order valence-electron chi connectivity index (χ2n) is 4.69. The topological polar surface area (TPSA) is 69.8 Å². The number of benzene rings is 1. The number of carbonyl (C=O) groups excluding carboxylic acids is 1. The molecule has 1 aromatic heterocycles. The lowest BCUT2D eigenvalue weighted by Gasteiger charge is -2.23. The van der Waals surface area contributed by atoms with Crippen LogP contribution < -0.4 is 10.6 Å². The average Bonchev–Trinajstić information content (AvgIpc) is 2.87. The first kappa shape index (κ1) is 11.2. The van der Waals surface area contributed by atoms with E-state index >= 15 is 0 Å². The fourth-order valence-corrected chi connectivity index (χ4v) is 2.33. The standard InChI is InChI=1S/C13H16N4O/c18-13(16-11-2-1-5-14-8-11)9-3-4-12-10(6-9)7-15-17-12/h3-4,6-7,11,14H,1-2,5,8H2,(H,15,17)(H,16,18). The van der Waals surface area contributed by atoms with E-state index in [9.17, 15) is 4.79 Å². The SMILES string of the molecule is O=C(NC1CCCNC1)c1ccc2[nH]ncc2c1. The molecule has 1 amide bonds. The molecule has 0 aliphatic carbocycles. The van der Waals surface area contributed by atoms with E-state index in [-0.39, 0.29) is 11.9 Å². The lowest BCUT2D eigenvalue weighted by atomic mass is 10.1. The summed E-state index contributed by atoms with van der Waals surface area (Å²) in [7, 11) is 0. The van der Waals surface area contributed by atoms with Crippen LogP contribution >= 0.6 is 0 Å². The number of carbonyl (C=O) groups is 1. The lowest BCUT2D eigenvalue weighted by Crippen LogP contribution is -2.45.